The molecule has 3 rings (SSSR count). The van der Waals surface area contributed by atoms with E-state index in [0.717, 1.165) is 17.1 Å². The van der Waals surface area contributed by atoms with Gasteiger partial charge >= 0.3 is 0 Å². The summed E-state index contributed by atoms with van der Waals surface area (Å²) in [5.41, 5.74) is 1.51. The molecule has 0 saturated carbocycles. The molecule has 3 aromatic rings. The molecule has 0 saturated heterocycles. The van der Waals surface area contributed by atoms with E-state index in [2.05, 4.69) is 5.32 Å². The van der Waals surface area contributed by atoms with Gasteiger partial charge in [0.15, 0.2) is 0 Å². The smallest absolute Gasteiger partial charge is 0.264 e. The first-order valence-corrected chi connectivity index (χ1v) is 15.4. The molecule has 2 amide bonds. The summed E-state index contributed by atoms with van der Waals surface area (Å²) in [6.45, 7) is 5.27. The first-order valence-electron chi connectivity index (χ1n) is 12.8. The molecule has 0 aliphatic rings. The van der Waals surface area contributed by atoms with Gasteiger partial charge in [0.1, 0.15) is 12.6 Å². The molecule has 0 radical (unpaired) electrons. The third-order valence-electron chi connectivity index (χ3n) is 6.37. The Morgan fingerprint density at radius 1 is 0.950 bits per heavy atom. The summed E-state index contributed by atoms with van der Waals surface area (Å²) in [6, 6.07) is 16.7. The Balaban J connectivity index is 2.03. The maximum atomic E-state index is 14.0. The lowest BCUT2D eigenvalue weighted by Crippen LogP contribution is -2.51. The second-order valence-corrected chi connectivity index (χ2v) is 12.5. The van der Waals surface area contributed by atoms with Gasteiger partial charge < -0.3 is 10.2 Å². The van der Waals surface area contributed by atoms with E-state index in [1.807, 2.05) is 6.92 Å². The highest BCUT2D eigenvalue weighted by atomic mass is 35.5. The number of nitrogens with one attached hydrogen (secondary N) is 1. The molecule has 214 valence electrons. The Labute approximate surface area is 251 Å². The molecule has 0 fully saturated rings. The Kier molecular flexibility index (Phi) is 11.3. The number of carbonyl (C=O) groups excluding carboxylic acids is 2. The summed E-state index contributed by atoms with van der Waals surface area (Å²) in [5.74, 6) is -0.917. The highest BCUT2D eigenvalue weighted by molar-refractivity contribution is 7.92. The number of anilines is 1. The number of benzene rings is 3. The van der Waals surface area contributed by atoms with Gasteiger partial charge in [0.05, 0.1) is 20.6 Å². The minimum Gasteiger partial charge on any atom is -0.354 e. The van der Waals surface area contributed by atoms with E-state index in [0.29, 0.717) is 38.4 Å². The first-order chi connectivity index (χ1) is 18.9. The predicted octanol–water partition coefficient (Wildman–Crippen LogP) is 6.48. The van der Waals surface area contributed by atoms with E-state index in [-0.39, 0.29) is 17.3 Å². The minimum atomic E-state index is -4.16. The van der Waals surface area contributed by atoms with Crippen LogP contribution in [0.5, 0.6) is 0 Å². The van der Waals surface area contributed by atoms with E-state index in [9.17, 15) is 18.0 Å². The van der Waals surface area contributed by atoms with Crippen LogP contribution < -0.4 is 9.62 Å². The van der Waals surface area contributed by atoms with E-state index < -0.39 is 28.5 Å². The molecule has 3 aromatic carbocycles. The van der Waals surface area contributed by atoms with Gasteiger partial charge in [0, 0.05) is 18.1 Å². The van der Waals surface area contributed by atoms with Crippen molar-refractivity contribution in [1.82, 2.24) is 10.2 Å². The summed E-state index contributed by atoms with van der Waals surface area (Å²) < 4.78 is 28.8. The standard InChI is InChI=1S/C29H32Cl3N3O4S/c1-4-5-15-33-29(37)21(3)34(18-22-11-13-25(31)26(32)17-22)28(36)19-35(27-14-12-23(30)16-20(27)2)40(38,39)24-9-7-6-8-10-24/h6-14,16-17,21H,4-5,15,18-19H2,1-3H3,(H,33,37). The minimum absolute atomic E-state index is 0.0108. The average molecular weight is 625 g/mol. The predicted molar refractivity (Wildman–Crippen MR) is 162 cm³/mol. The van der Waals surface area contributed by atoms with E-state index >= 15 is 0 Å². The van der Waals surface area contributed by atoms with Gasteiger partial charge in [-0.15, -0.1) is 0 Å². The van der Waals surface area contributed by atoms with Crippen LogP contribution in [0.4, 0.5) is 5.69 Å². The molecule has 11 heteroatoms. The highest BCUT2D eigenvalue weighted by Crippen LogP contribution is 2.30. The maximum absolute atomic E-state index is 14.0. The molecule has 1 unspecified atom stereocenters. The fourth-order valence-corrected chi connectivity index (χ4v) is 6.13. The number of nitrogens with zero attached hydrogens (tertiary/aromatic N) is 2. The molecular formula is C29H32Cl3N3O4S. The van der Waals surface area contributed by atoms with Crippen LogP contribution in [0.1, 0.15) is 37.8 Å². The van der Waals surface area contributed by atoms with Crippen molar-refractivity contribution in [2.45, 2.75) is 51.1 Å². The molecule has 1 atom stereocenters. The molecule has 0 aliphatic carbocycles. The van der Waals surface area contributed by atoms with Crippen molar-refractivity contribution < 1.29 is 18.0 Å². The maximum Gasteiger partial charge on any atom is 0.264 e. The Morgan fingerprint density at radius 3 is 2.27 bits per heavy atom. The van der Waals surface area contributed by atoms with Crippen LogP contribution in [0.3, 0.4) is 0 Å². The Morgan fingerprint density at radius 2 is 1.65 bits per heavy atom. The molecule has 0 spiro atoms. The fraction of sp³-hybridized carbons (Fsp3) is 0.310. The topological polar surface area (TPSA) is 86.8 Å². The lowest BCUT2D eigenvalue weighted by Gasteiger charge is -2.32. The summed E-state index contributed by atoms with van der Waals surface area (Å²) in [5, 5.41) is 3.94. The molecule has 0 aliphatic heterocycles. The molecule has 0 aromatic heterocycles. The first kappa shape index (κ1) is 31.7. The number of carbonyl (C=O) groups is 2. The van der Waals surface area contributed by atoms with E-state index in [4.69, 9.17) is 34.8 Å². The number of amides is 2. The second-order valence-electron chi connectivity index (χ2n) is 9.35. The van der Waals surface area contributed by atoms with Crippen molar-refractivity contribution in [2.75, 3.05) is 17.4 Å². The zero-order valence-electron chi connectivity index (χ0n) is 22.5. The summed E-state index contributed by atoms with van der Waals surface area (Å²) in [6.07, 6.45) is 1.69. The van der Waals surface area contributed by atoms with Crippen molar-refractivity contribution in [3.8, 4) is 0 Å². The van der Waals surface area contributed by atoms with Crippen molar-refractivity contribution in [1.29, 1.82) is 0 Å². The van der Waals surface area contributed by atoms with Crippen LogP contribution in [0, 0.1) is 6.92 Å². The van der Waals surface area contributed by atoms with Crippen LogP contribution >= 0.6 is 34.8 Å². The van der Waals surface area contributed by atoms with Gasteiger partial charge in [-0.1, -0.05) is 72.4 Å². The van der Waals surface area contributed by atoms with Gasteiger partial charge in [-0.3, -0.25) is 13.9 Å². The number of sulfonamides is 1. The van der Waals surface area contributed by atoms with Crippen LogP contribution in [-0.2, 0) is 26.2 Å². The SMILES string of the molecule is CCCCNC(=O)C(C)N(Cc1ccc(Cl)c(Cl)c1)C(=O)CN(c1ccc(Cl)cc1C)S(=O)(=O)c1ccccc1. The second kappa shape index (κ2) is 14.2. The molecular weight excluding hydrogens is 593 g/mol. The van der Waals surface area contributed by atoms with Crippen LogP contribution in [0.15, 0.2) is 71.6 Å². The van der Waals surface area contributed by atoms with Crippen molar-refractivity contribution in [3.63, 3.8) is 0 Å². The quantitative estimate of drug-likeness (QED) is 0.234. The van der Waals surface area contributed by atoms with E-state index in [1.54, 1.807) is 68.4 Å². The molecule has 0 heterocycles. The van der Waals surface area contributed by atoms with Gasteiger partial charge in [-0.25, -0.2) is 8.42 Å². The molecule has 1 N–H and O–H groups in total. The van der Waals surface area contributed by atoms with Gasteiger partial charge in [0.2, 0.25) is 11.8 Å². The van der Waals surface area contributed by atoms with Crippen LogP contribution in [0.2, 0.25) is 15.1 Å². The number of unbranched alkanes of at least 4 members (excludes halogenated alkanes) is 1. The summed E-state index contributed by atoms with van der Waals surface area (Å²) in [4.78, 5) is 28.4. The molecule has 40 heavy (non-hydrogen) atoms. The van der Waals surface area contributed by atoms with Gasteiger partial charge in [-0.2, -0.15) is 0 Å². The molecule has 7 nitrogen and oxygen atoms in total. The van der Waals surface area contributed by atoms with Crippen LogP contribution in [-0.4, -0.2) is 44.3 Å². The van der Waals surface area contributed by atoms with Crippen molar-refractivity contribution in [3.05, 3.63) is 92.9 Å². The summed E-state index contributed by atoms with van der Waals surface area (Å²) >= 11 is 18.4. The summed E-state index contributed by atoms with van der Waals surface area (Å²) in [7, 11) is -4.16. The normalized spacial score (nSPS) is 12.1. The largest absolute Gasteiger partial charge is 0.354 e. The number of halogens is 3. The number of aryl methyl sites for hydroxylation is 1. The van der Waals surface area contributed by atoms with Crippen molar-refractivity contribution in [2.24, 2.45) is 0 Å². The zero-order chi connectivity index (χ0) is 29.4. The number of rotatable bonds is 12. The van der Waals surface area contributed by atoms with Crippen molar-refractivity contribution >= 4 is 62.3 Å². The third-order valence-corrected chi connectivity index (χ3v) is 9.12. The van der Waals surface area contributed by atoms with Gasteiger partial charge in [0.25, 0.3) is 10.0 Å². The lowest BCUT2D eigenvalue weighted by atomic mass is 10.1. The number of hydrogen-bond donors (Lipinski definition) is 1. The fourth-order valence-electron chi connectivity index (χ4n) is 4.09. The highest BCUT2D eigenvalue weighted by Gasteiger charge is 2.33. The van der Waals surface area contributed by atoms with Crippen LogP contribution in [0.25, 0.3) is 0 Å². The zero-order valence-corrected chi connectivity index (χ0v) is 25.6. The Bertz CT molecular complexity index is 1450. The van der Waals surface area contributed by atoms with Gasteiger partial charge in [-0.05, 0) is 73.9 Å². The molecule has 0 bridgehead atoms. The Hall–Kier alpha value is -2.78. The van der Waals surface area contributed by atoms with E-state index in [1.165, 1.54) is 17.0 Å². The average Bonchev–Trinajstić information content (AvgIpc) is 2.92. The third kappa shape index (κ3) is 7.91. The number of hydrogen-bond acceptors (Lipinski definition) is 4. The lowest BCUT2D eigenvalue weighted by molar-refractivity contribution is -0.139. The monoisotopic (exact) mass is 623 g/mol.